The number of amides is 2. The summed E-state index contributed by atoms with van der Waals surface area (Å²) in [6.07, 6.45) is -0.411. The number of benzene rings is 2. The Labute approximate surface area is 203 Å². The molecule has 0 spiro atoms. The summed E-state index contributed by atoms with van der Waals surface area (Å²) < 4.78 is 54.9. The van der Waals surface area contributed by atoms with E-state index < -0.39 is 52.0 Å². The molecule has 2 rings (SSSR count). The van der Waals surface area contributed by atoms with Gasteiger partial charge in [-0.2, -0.15) is 9.57 Å². The summed E-state index contributed by atoms with van der Waals surface area (Å²) in [4.78, 5) is 23.9. The second-order valence-electron chi connectivity index (χ2n) is 8.55. The molecule has 188 valence electrons. The topological polar surface area (TPSA) is 133 Å². The van der Waals surface area contributed by atoms with Crippen LogP contribution in [0.25, 0.3) is 11.1 Å². The van der Waals surface area contributed by atoms with E-state index in [0.29, 0.717) is 11.1 Å². The number of nitrogens with two attached hydrogens (primary N) is 1. The Bertz CT molecular complexity index is 1210. The van der Waals surface area contributed by atoms with Crippen LogP contribution < -0.4 is 11.1 Å². The predicted octanol–water partition coefficient (Wildman–Crippen LogP) is 2.69. The summed E-state index contributed by atoms with van der Waals surface area (Å²) in [5.41, 5.74) is 6.05. The van der Waals surface area contributed by atoms with Crippen molar-refractivity contribution in [3.05, 3.63) is 59.7 Å². The smallest absolute Gasteiger partial charge is 0.239 e. The molecule has 3 N–H and O–H groups in total. The first-order chi connectivity index (χ1) is 16.4. The predicted molar refractivity (Wildman–Crippen MR) is 127 cm³/mol. The van der Waals surface area contributed by atoms with Gasteiger partial charge in [-0.15, -0.1) is 0 Å². The van der Waals surface area contributed by atoms with Gasteiger partial charge in [0.2, 0.25) is 21.8 Å². The number of sulfonamides is 1. The Morgan fingerprint density at radius 3 is 2.29 bits per heavy atom. The van der Waals surface area contributed by atoms with Crippen LogP contribution in [-0.2, 0) is 26.2 Å². The number of nitrogens with zero attached hydrogens (tertiary/aromatic N) is 2. The SMILES string of the molecule is CC(C)CS(=O)(=O)N(Cc1ccc(-c2cccc(F)c2F)cc1)[C@@H](C)C(=O)N[C@H](C#N)CC(N)=O. The number of halogens is 2. The van der Waals surface area contributed by atoms with Crippen LogP contribution in [0.2, 0.25) is 0 Å². The van der Waals surface area contributed by atoms with Crippen molar-refractivity contribution in [2.24, 2.45) is 11.7 Å². The first kappa shape index (κ1) is 27.9. The van der Waals surface area contributed by atoms with E-state index in [1.54, 1.807) is 32.0 Å². The van der Waals surface area contributed by atoms with Crippen LogP contribution in [0.3, 0.4) is 0 Å². The highest BCUT2D eigenvalue weighted by atomic mass is 32.2. The van der Waals surface area contributed by atoms with Crippen molar-refractivity contribution in [2.45, 2.75) is 45.8 Å². The average Bonchev–Trinajstić information content (AvgIpc) is 2.77. The van der Waals surface area contributed by atoms with Crippen molar-refractivity contribution in [3.63, 3.8) is 0 Å². The molecule has 0 aliphatic rings. The van der Waals surface area contributed by atoms with Gasteiger partial charge in [-0.05, 0) is 30.0 Å². The average molecular weight is 507 g/mol. The number of nitriles is 1. The zero-order valence-electron chi connectivity index (χ0n) is 19.7. The summed E-state index contributed by atoms with van der Waals surface area (Å²) in [6.45, 7) is 4.65. The number of hydrogen-bond donors (Lipinski definition) is 2. The third-order valence-corrected chi connectivity index (χ3v) is 7.39. The molecule has 0 fully saturated rings. The van der Waals surface area contributed by atoms with Gasteiger partial charge in [-0.1, -0.05) is 50.2 Å². The Morgan fingerprint density at radius 1 is 1.11 bits per heavy atom. The molecule has 0 bridgehead atoms. The molecule has 0 aliphatic heterocycles. The minimum atomic E-state index is -3.92. The quantitative estimate of drug-likeness (QED) is 0.483. The number of carbonyl (C=O) groups is 2. The molecular weight excluding hydrogens is 478 g/mol. The number of carbonyl (C=O) groups excluding carboxylic acids is 2. The Morgan fingerprint density at radius 2 is 1.74 bits per heavy atom. The lowest BCUT2D eigenvalue weighted by atomic mass is 10.0. The van der Waals surface area contributed by atoms with E-state index in [-0.39, 0.29) is 23.8 Å². The fraction of sp³-hybridized carbons (Fsp3) is 0.375. The van der Waals surface area contributed by atoms with Gasteiger partial charge >= 0.3 is 0 Å². The minimum Gasteiger partial charge on any atom is -0.370 e. The lowest BCUT2D eigenvalue weighted by molar-refractivity contribution is -0.125. The van der Waals surface area contributed by atoms with Gasteiger partial charge in [0.25, 0.3) is 0 Å². The van der Waals surface area contributed by atoms with Gasteiger partial charge in [0.15, 0.2) is 11.6 Å². The van der Waals surface area contributed by atoms with Crippen molar-refractivity contribution in [1.82, 2.24) is 9.62 Å². The molecular formula is C24H28F2N4O4S. The van der Waals surface area contributed by atoms with Crippen molar-refractivity contribution in [2.75, 3.05) is 5.75 Å². The molecule has 11 heteroatoms. The molecule has 0 unspecified atom stereocenters. The second kappa shape index (κ2) is 11.9. The van der Waals surface area contributed by atoms with Crippen LogP contribution in [-0.4, -0.2) is 42.4 Å². The summed E-state index contributed by atoms with van der Waals surface area (Å²) in [5.74, 6) is -3.97. The van der Waals surface area contributed by atoms with Crippen molar-refractivity contribution in [1.29, 1.82) is 5.26 Å². The molecule has 0 heterocycles. The molecule has 0 saturated carbocycles. The highest BCUT2D eigenvalue weighted by Gasteiger charge is 2.33. The molecule has 2 aromatic rings. The molecule has 0 aliphatic carbocycles. The lowest BCUT2D eigenvalue weighted by Gasteiger charge is -2.29. The van der Waals surface area contributed by atoms with Crippen LogP contribution >= 0.6 is 0 Å². The maximum atomic E-state index is 14.1. The standard InChI is InChI=1S/C24H28F2N4O4S/c1-15(2)14-35(33,34)30(16(3)24(32)29-19(12-27)11-22(28)31)13-17-7-9-18(10-8-17)20-5-4-6-21(25)23(20)26/h4-10,15-16,19H,11,13-14H2,1-3H3,(H2,28,31)(H,29,32)/t16-,19-/m0/s1. The summed E-state index contributed by atoms with van der Waals surface area (Å²) >= 11 is 0. The van der Waals surface area contributed by atoms with Gasteiger partial charge in [-0.25, -0.2) is 17.2 Å². The van der Waals surface area contributed by atoms with Gasteiger partial charge in [-0.3, -0.25) is 9.59 Å². The Kier molecular flexibility index (Phi) is 9.45. The largest absolute Gasteiger partial charge is 0.370 e. The minimum absolute atomic E-state index is 0.0607. The van der Waals surface area contributed by atoms with E-state index in [1.165, 1.54) is 31.2 Å². The van der Waals surface area contributed by atoms with E-state index in [4.69, 9.17) is 11.0 Å². The maximum absolute atomic E-state index is 14.1. The molecule has 35 heavy (non-hydrogen) atoms. The monoisotopic (exact) mass is 506 g/mol. The molecule has 2 atom stereocenters. The number of primary amides is 1. The first-order valence-corrected chi connectivity index (χ1v) is 12.5. The van der Waals surface area contributed by atoms with E-state index in [2.05, 4.69) is 5.32 Å². The van der Waals surface area contributed by atoms with E-state index in [9.17, 15) is 26.8 Å². The fourth-order valence-corrected chi connectivity index (χ4v) is 5.40. The lowest BCUT2D eigenvalue weighted by Crippen LogP contribution is -2.51. The zero-order chi connectivity index (χ0) is 26.3. The first-order valence-electron chi connectivity index (χ1n) is 10.9. The zero-order valence-corrected chi connectivity index (χ0v) is 20.5. The van der Waals surface area contributed by atoms with E-state index in [0.717, 1.165) is 10.4 Å². The Hall–Kier alpha value is -3.36. The van der Waals surface area contributed by atoms with Crippen LogP contribution in [0.5, 0.6) is 0 Å². The highest BCUT2D eigenvalue weighted by Crippen LogP contribution is 2.25. The third-order valence-electron chi connectivity index (χ3n) is 5.15. The van der Waals surface area contributed by atoms with Gasteiger partial charge in [0.1, 0.15) is 12.1 Å². The van der Waals surface area contributed by atoms with E-state index >= 15 is 0 Å². The second-order valence-corrected chi connectivity index (χ2v) is 10.5. The van der Waals surface area contributed by atoms with Crippen LogP contribution in [0, 0.1) is 28.9 Å². The maximum Gasteiger partial charge on any atom is 0.239 e. The molecule has 2 aromatic carbocycles. The third kappa shape index (κ3) is 7.56. The van der Waals surface area contributed by atoms with Crippen LogP contribution in [0.4, 0.5) is 8.78 Å². The van der Waals surface area contributed by atoms with Gasteiger partial charge in [0, 0.05) is 12.1 Å². The number of nitrogens with one attached hydrogen (secondary N) is 1. The highest BCUT2D eigenvalue weighted by molar-refractivity contribution is 7.89. The summed E-state index contributed by atoms with van der Waals surface area (Å²) in [7, 11) is -3.92. The molecule has 0 saturated heterocycles. The van der Waals surface area contributed by atoms with Crippen molar-refractivity contribution >= 4 is 21.8 Å². The molecule has 2 amide bonds. The van der Waals surface area contributed by atoms with Crippen LogP contribution in [0.15, 0.2) is 42.5 Å². The molecule has 8 nitrogen and oxygen atoms in total. The summed E-state index contributed by atoms with van der Waals surface area (Å²) in [6, 6.07) is 9.36. The fourth-order valence-electron chi connectivity index (χ4n) is 3.44. The normalized spacial score (nSPS) is 13.3. The number of rotatable bonds is 11. The van der Waals surface area contributed by atoms with E-state index in [1.807, 2.05) is 0 Å². The summed E-state index contributed by atoms with van der Waals surface area (Å²) in [5, 5.41) is 11.5. The van der Waals surface area contributed by atoms with Crippen molar-refractivity contribution in [3.8, 4) is 17.2 Å². The van der Waals surface area contributed by atoms with Gasteiger partial charge < -0.3 is 11.1 Å². The van der Waals surface area contributed by atoms with Crippen molar-refractivity contribution < 1.29 is 26.8 Å². The Balaban J connectivity index is 2.33. The molecule has 0 aromatic heterocycles. The van der Waals surface area contributed by atoms with Crippen LogP contribution in [0.1, 0.15) is 32.8 Å². The number of hydrogen-bond acceptors (Lipinski definition) is 5. The molecule has 0 radical (unpaired) electrons. The van der Waals surface area contributed by atoms with Gasteiger partial charge in [0.05, 0.1) is 18.2 Å².